The van der Waals surface area contributed by atoms with Crippen molar-refractivity contribution in [2.24, 2.45) is 5.41 Å². The zero-order valence-electron chi connectivity index (χ0n) is 14.4. The van der Waals surface area contributed by atoms with Crippen LogP contribution in [0.3, 0.4) is 0 Å². The number of halogens is 3. The quantitative estimate of drug-likeness (QED) is 0.762. The van der Waals surface area contributed by atoms with Gasteiger partial charge in [0, 0.05) is 11.8 Å². The molecule has 1 aromatic rings. The second kappa shape index (κ2) is 5.63. The van der Waals surface area contributed by atoms with Crippen LogP contribution in [0.4, 0.5) is 13.2 Å². The monoisotopic (exact) mass is 342 g/mol. The molecule has 132 valence electrons. The van der Waals surface area contributed by atoms with Gasteiger partial charge in [0.15, 0.2) is 0 Å². The summed E-state index contributed by atoms with van der Waals surface area (Å²) in [6.07, 6.45) is 2.92. The fraction of sp³-hybridized carbons (Fsp3) is 0.688. The van der Waals surface area contributed by atoms with Gasteiger partial charge in [-0.3, -0.25) is 4.68 Å². The SMILES string of the molecule is CC1(C)OB(C(F)=Cc2cnn(CC3(C(F)F)CC3)c2)OC1(C)C. The number of alkyl halides is 2. The van der Waals surface area contributed by atoms with Crippen molar-refractivity contribution in [2.45, 2.75) is 64.7 Å². The highest BCUT2D eigenvalue weighted by Crippen LogP contribution is 2.51. The molecule has 2 heterocycles. The smallest absolute Gasteiger partial charge is 0.398 e. The molecule has 3 rings (SSSR count). The third-order valence-corrected chi connectivity index (χ3v) is 5.27. The summed E-state index contributed by atoms with van der Waals surface area (Å²) in [7, 11) is -1.07. The van der Waals surface area contributed by atoms with Crippen LogP contribution in [0.15, 0.2) is 18.1 Å². The maximum atomic E-state index is 14.4. The van der Waals surface area contributed by atoms with Crippen molar-refractivity contribution in [1.82, 2.24) is 9.78 Å². The van der Waals surface area contributed by atoms with E-state index in [4.69, 9.17) is 9.31 Å². The average Bonchev–Trinajstić information content (AvgIpc) is 3.05. The molecule has 0 aromatic carbocycles. The Labute approximate surface area is 140 Å². The van der Waals surface area contributed by atoms with Crippen molar-refractivity contribution in [3.05, 3.63) is 23.7 Å². The minimum atomic E-state index is -2.36. The van der Waals surface area contributed by atoms with Crippen molar-refractivity contribution >= 4 is 13.2 Å². The van der Waals surface area contributed by atoms with Gasteiger partial charge in [-0.2, -0.15) is 5.10 Å². The van der Waals surface area contributed by atoms with Gasteiger partial charge in [0.05, 0.1) is 29.4 Å². The van der Waals surface area contributed by atoms with Crippen molar-refractivity contribution in [2.75, 3.05) is 0 Å². The van der Waals surface area contributed by atoms with Crippen LogP contribution in [0.25, 0.3) is 6.08 Å². The van der Waals surface area contributed by atoms with Crippen LogP contribution in [0, 0.1) is 5.41 Å². The number of hydrogen-bond acceptors (Lipinski definition) is 3. The average molecular weight is 342 g/mol. The Balaban J connectivity index is 1.69. The Bertz CT molecular complexity index is 638. The molecule has 2 fully saturated rings. The molecule has 0 bridgehead atoms. The fourth-order valence-corrected chi connectivity index (χ4v) is 2.65. The Morgan fingerprint density at radius 2 is 1.88 bits per heavy atom. The summed E-state index contributed by atoms with van der Waals surface area (Å²) in [5, 5.41) is 4.05. The first kappa shape index (κ1) is 17.5. The van der Waals surface area contributed by atoms with Gasteiger partial charge in [0.2, 0.25) is 6.43 Å². The van der Waals surface area contributed by atoms with E-state index in [2.05, 4.69) is 5.10 Å². The third-order valence-electron chi connectivity index (χ3n) is 5.27. The summed E-state index contributed by atoms with van der Waals surface area (Å²) < 4.78 is 53.1. The molecule has 1 aliphatic carbocycles. The largest absolute Gasteiger partial charge is 0.525 e. The van der Waals surface area contributed by atoms with Gasteiger partial charge < -0.3 is 9.31 Å². The van der Waals surface area contributed by atoms with Crippen LogP contribution < -0.4 is 0 Å². The predicted octanol–water partition coefficient (Wildman–Crippen LogP) is 3.87. The predicted molar refractivity (Wildman–Crippen MR) is 85.1 cm³/mol. The summed E-state index contributed by atoms with van der Waals surface area (Å²) in [5.41, 5.74) is -2.28. The van der Waals surface area contributed by atoms with E-state index >= 15 is 0 Å². The van der Waals surface area contributed by atoms with Crippen LogP contribution in [0.5, 0.6) is 0 Å². The Hall–Kier alpha value is -1.28. The van der Waals surface area contributed by atoms with Crippen LogP contribution >= 0.6 is 0 Å². The maximum Gasteiger partial charge on any atom is 0.525 e. The molecule has 24 heavy (non-hydrogen) atoms. The zero-order valence-corrected chi connectivity index (χ0v) is 14.4. The first-order chi connectivity index (χ1) is 11.0. The first-order valence-electron chi connectivity index (χ1n) is 8.08. The van der Waals surface area contributed by atoms with E-state index in [0.717, 1.165) is 0 Å². The second-order valence-corrected chi connectivity index (χ2v) is 7.75. The topological polar surface area (TPSA) is 36.3 Å². The molecule has 0 amide bonds. The summed E-state index contributed by atoms with van der Waals surface area (Å²) in [6, 6.07) is 0. The van der Waals surface area contributed by atoms with Crippen LogP contribution in [0.2, 0.25) is 0 Å². The molecule has 4 nitrogen and oxygen atoms in total. The Morgan fingerprint density at radius 3 is 2.38 bits per heavy atom. The van der Waals surface area contributed by atoms with Gasteiger partial charge in [-0.1, -0.05) is 0 Å². The van der Waals surface area contributed by atoms with E-state index in [0.29, 0.717) is 18.4 Å². The van der Waals surface area contributed by atoms with Crippen LogP contribution in [0.1, 0.15) is 46.1 Å². The summed E-state index contributed by atoms with van der Waals surface area (Å²) in [4.78, 5) is 0. The van der Waals surface area contributed by atoms with E-state index in [-0.39, 0.29) is 6.54 Å². The summed E-state index contributed by atoms with van der Waals surface area (Å²) in [5.74, 6) is 0. The van der Waals surface area contributed by atoms with Crippen LogP contribution in [-0.4, -0.2) is 34.5 Å². The molecule has 0 unspecified atom stereocenters. The molecule has 1 saturated carbocycles. The highest BCUT2D eigenvalue weighted by molar-refractivity contribution is 6.54. The van der Waals surface area contributed by atoms with E-state index in [1.807, 2.05) is 27.7 Å². The Kier molecular flexibility index (Phi) is 4.11. The van der Waals surface area contributed by atoms with Gasteiger partial charge in [0.25, 0.3) is 0 Å². The number of aromatic nitrogens is 2. The lowest BCUT2D eigenvalue weighted by Gasteiger charge is -2.32. The lowest BCUT2D eigenvalue weighted by Crippen LogP contribution is -2.41. The molecule has 0 radical (unpaired) electrons. The molecule has 0 spiro atoms. The molecule has 0 atom stereocenters. The van der Waals surface area contributed by atoms with Gasteiger partial charge >= 0.3 is 7.12 Å². The first-order valence-corrected chi connectivity index (χ1v) is 8.08. The summed E-state index contributed by atoms with van der Waals surface area (Å²) in [6.45, 7) is 7.53. The van der Waals surface area contributed by atoms with E-state index in [9.17, 15) is 13.2 Å². The zero-order chi connectivity index (χ0) is 17.8. The lowest BCUT2D eigenvalue weighted by atomic mass is 9.87. The normalized spacial score (nSPS) is 24.7. The molecule has 1 aromatic heterocycles. The molecule has 1 aliphatic heterocycles. The van der Waals surface area contributed by atoms with E-state index in [1.54, 1.807) is 6.20 Å². The minimum absolute atomic E-state index is 0.149. The Morgan fingerprint density at radius 1 is 1.29 bits per heavy atom. The fourth-order valence-electron chi connectivity index (χ4n) is 2.65. The minimum Gasteiger partial charge on any atom is -0.398 e. The molecule has 0 N–H and O–H groups in total. The highest BCUT2D eigenvalue weighted by Gasteiger charge is 2.53. The van der Waals surface area contributed by atoms with Gasteiger partial charge in [-0.25, -0.2) is 13.2 Å². The highest BCUT2D eigenvalue weighted by atomic mass is 19.3. The molecule has 2 aliphatic rings. The van der Waals surface area contributed by atoms with Crippen molar-refractivity contribution in [1.29, 1.82) is 0 Å². The van der Waals surface area contributed by atoms with Crippen molar-refractivity contribution in [3.8, 4) is 0 Å². The summed E-state index contributed by atoms with van der Waals surface area (Å²) >= 11 is 0. The van der Waals surface area contributed by atoms with Gasteiger partial charge in [0.1, 0.15) is 5.73 Å². The number of rotatable bonds is 5. The standard InChI is InChI=1S/C16H22BF3N2O2/c1-14(2)15(3,4)24-17(23-14)12(18)7-11-8-21-22(9-11)10-16(5-6-16)13(19)20/h7-9,13H,5-6,10H2,1-4H3. The third kappa shape index (κ3) is 3.13. The van der Waals surface area contributed by atoms with Gasteiger partial charge in [-0.15, -0.1) is 0 Å². The molecule has 8 heteroatoms. The molecular weight excluding hydrogens is 320 g/mol. The van der Waals surface area contributed by atoms with Crippen molar-refractivity contribution in [3.63, 3.8) is 0 Å². The second-order valence-electron chi connectivity index (χ2n) is 7.75. The molecular formula is C16H22BF3N2O2. The van der Waals surface area contributed by atoms with Gasteiger partial charge in [-0.05, 0) is 46.6 Å². The van der Waals surface area contributed by atoms with Crippen molar-refractivity contribution < 1.29 is 22.5 Å². The van der Waals surface area contributed by atoms with E-state index < -0.39 is 35.9 Å². The maximum absolute atomic E-state index is 14.4. The van der Waals surface area contributed by atoms with Crippen LogP contribution in [-0.2, 0) is 15.9 Å². The lowest BCUT2D eigenvalue weighted by molar-refractivity contribution is 0.00578. The molecule has 1 saturated heterocycles. The number of hydrogen-bond donors (Lipinski definition) is 0. The van der Waals surface area contributed by atoms with E-state index in [1.165, 1.54) is 17.0 Å². The number of nitrogens with zero attached hydrogens (tertiary/aromatic N) is 2.